The van der Waals surface area contributed by atoms with E-state index in [0.29, 0.717) is 41.4 Å². The summed E-state index contributed by atoms with van der Waals surface area (Å²) in [7, 11) is -3.57. The quantitative estimate of drug-likeness (QED) is 0.576. The molecule has 7 nitrogen and oxygen atoms in total. The van der Waals surface area contributed by atoms with Gasteiger partial charge in [-0.2, -0.15) is 0 Å². The average Bonchev–Trinajstić information content (AvgIpc) is 3.23. The number of amides is 1. The van der Waals surface area contributed by atoms with Gasteiger partial charge in [-0.3, -0.25) is 9.78 Å². The Morgan fingerprint density at radius 2 is 1.97 bits per heavy atom. The van der Waals surface area contributed by atoms with Crippen molar-refractivity contribution in [3.63, 3.8) is 0 Å². The number of aromatic nitrogens is 2. The van der Waals surface area contributed by atoms with Crippen molar-refractivity contribution in [2.24, 2.45) is 0 Å². The molecule has 0 saturated carbocycles. The maximum atomic E-state index is 12.8. The second kappa shape index (κ2) is 8.49. The number of anilines is 1. The monoisotopic (exact) mass is 464 g/mol. The summed E-state index contributed by atoms with van der Waals surface area (Å²) in [6, 6.07) is 6.99. The van der Waals surface area contributed by atoms with E-state index in [1.165, 1.54) is 11.3 Å². The van der Waals surface area contributed by atoms with Crippen LogP contribution in [0.2, 0.25) is 5.02 Å². The number of piperazine rings is 1. The lowest BCUT2D eigenvalue weighted by atomic mass is 10.2. The summed E-state index contributed by atoms with van der Waals surface area (Å²) in [6.45, 7) is 4.25. The summed E-state index contributed by atoms with van der Waals surface area (Å²) in [5, 5.41) is 0.587. The van der Waals surface area contributed by atoms with E-state index < -0.39 is 9.84 Å². The summed E-state index contributed by atoms with van der Waals surface area (Å²) in [5.41, 5.74) is 4.09. The van der Waals surface area contributed by atoms with Crippen LogP contribution in [0.1, 0.15) is 12.1 Å². The molecule has 0 radical (unpaired) electrons. The van der Waals surface area contributed by atoms with Gasteiger partial charge in [-0.15, -0.1) is 11.3 Å². The smallest absolute Gasteiger partial charge is 0.223 e. The number of carbonyl (C=O) groups excluding carboxylic acids is 1. The van der Waals surface area contributed by atoms with Gasteiger partial charge < -0.3 is 9.80 Å². The van der Waals surface area contributed by atoms with Crippen LogP contribution in [0.5, 0.6) is 0 Å². The maximum absolute atomic E-state index is 12.8. The number of aryl methyl sites for hydroxylation is 1. The van der Waals surface area contributed by atoms with Gasteiger partial charge in [-0.1, -0.05) is 17.7 Å². The van der Waals surface area contributed by atoms with Gasteiger partial charge in [0, 0.05) is 44.5 Å². The van der Waals surface area contributed by atoms with Gasteiger partial charge in [0.25, 0.3) is 0 Å². The number of sulfone groups is 1. The van der Waals surface area contributed by atoms with E-state index in [4.69, 9.17) is 11.6 Å². The van der Waals surface area contributed by atoms with Crippen LogP contribution in [-0.4, -0.2) is 61.1 Å². The van der Waals surface area contributed by atoms with E-state index in [9.17, 15) is 13.2 Å². The van der Waals surface area contributed by atoms with Gasteiger partial charge >= 0.3 is 0 Å². The van der Waals surface area contributed by atoms with Gasteiger partial charge in [0.1, 0.15) is 0 Å². The van der Waals surface area contributed by atoms with E-state index in [1.807, 2.05) is 13.0 Å². The molecule has 10 heteroatoms. The number of fused-ring (bicyclic) bond motifs is 1. The van der Waals surface area contributed by atoms with Gasteiger partial charge in [-0.25, -0.2) is 13.4 Å². The van der Waals surface area contributed by atoms with Crippen molar-refractivity contribution in [3.05, 3.63) is 46.7 Å². The first-order chi connectivity index (χ1) is 14.3. The third-order valence-electron chi connectivity index (χ3n) is 5.19. The zero-order valence-corrected chi connectivity index (χ0v) is 18.8. The molecule has 1 saturated heterocycles. The predicted molar refractivity (Wildman–Crippen MR) is 119 cm³/mol. The second-order valence-corrected chi connectivity index (χ2v) is 10.5. The molecule has 1 fully saturated rings. The molecule has 0 atom stereocenters. The van der Waals surface area contributed by atoms with Crippen molar-refractivity contribution < 1.29 is 13.2 Å². The van der Waals surface area contributed by atoms with Crippen LogP contribution >= 0.6 is 22.9 Å². The highest BCUT2D eigenvalue weighted by Crippen LogP contribution is 2.28. The molecule has 0 bridgehead atoms. The highest BCUT2D eigenvalue weighted by molar-refractivity contribution is 7.91. The molecule has 1 aliphatic heterocycles. The summed E-state index contributed by atoms with van der Waals surface area (Å²) < 4.78 is 26.3. The fourth-order valence-corrected chi connectivity index (χ4v) is 6.34. The van der Waals surface area contributed by atoms with E-state index in [1.54, 1.807) is 34.8 Å². The number of hydrogen-bond donors (Lipinski definition) is 0. The molecular formula is C20H21ClN4O3S2. The van der Waals surface area contributed by atoms with Crippen LogP contribution in [0.3, 0.4) is 0 Å². The molecule has 3 heterocycles. The molecule has 0 N–H and O–H groups in total. The highest BCUT2D eigenvalue weighted by atomic mass is 35.5. The van der Waals surface area contributed by atoms with E-state index in [-0.39, 0.29) is 23.0 Å². The minimum Gasteiger partial charge on any atom is -0.367 e. The largest absolute Gasteiger partial charge is 0.367 e. The van der Waals surface area contributed by atoms with E-state index >= 15 is 0 Å². The first-order valence-electron chi connectivity index (χ1n) is 9.55. The lowest BCUT2D eigenvalue weighted by Crippen LogP contribution is -2.49. The number of halogens is 1. The van der Waals surface area contributed by atoms with Crippen molar-refractivity contribution in [2.75, 3.05) is 36.8 Å². The number of carbonyl (C=O) groups is 1. The van der Waals surface area contributed by atoms with Crippen molar-refractivity contribution in [1.82, 2.24) is 14.9 Å². The lowest BCUT2D eigenvalue weighted by Gasteiger charge is -2.36. The minimum absolute atomic E-state index is 0.0351. The van der Waals surface area contributed by atoms with Crippen LogP contribution < -0.4 is 4.90 Å². The Morgan fingerprint density at radius 3 is 2.73 bits per heavy atom. The number of nitrogens with zero attached hydrogens (tertiary/aromatic N) is 4. The van der Waals surface area contributed by atoms with Crippen molar-refractivity contribution in [2.45, 2.75) is 18.2 Å². The topological polar surface area (TPSA) is 83.5 Å². The molecule has 3 aromatic rings. The maximum Gasteiger partial charge on any atom is 0.223 e. The molecule has 158 valence electrons. The van der Waals surface area contributed by atoms with Crippen molar-refractivity contribution in [3.8, 4) is 0 Å². The number of hydrogen-bond acceptors (Lipinski definition) is 7. The van der Waals surface area contributed by atoms with Crippen LogP contribution in [-0.2, 0) is 14.6 Å². The molecule has 0 aliphatic carbocycles. The van der Waals surface area contributed by atoms with Crippen molar-refractivity contribution in [1.29, 1.82) is 0 Å². The predicted octanol–water partition coefficient (Wildman–Crippen LogP) is 3.17. The Balaban J connectivity index is 1.37. The van der Waals surface area contributed by atoms with Gasteiger partial charge in [0.15, 0.2) is 9.84 Å². The lowest BCUT2D eigenvalue weighted by molar-refractivity contribution is -0.131. The molecule has 30 heavy (non-hydrogen) atoms. The fraction of sp³-hybridized carbons (Fsp3) is 0.350. The Hall–Kier alpha value is -2.23. The zero-order chi connectivity index (χ0) is 21.3. The van der Waals surface area contributed by atoms with Crippen molar-refractivity contribution >= 4 is 54.6 Å². The molecule has 1 amide bonds. The fourth-order valence-electron chi connectivity index (χ4n) is 3.56. The van der Waals surface area contributed by atoms with Crippen LogP contribution in [0.25, 0.3) is 10.2 Å². The number of thiazole rings is 1. The standard InChI is InChI=1S/C20H21ClN4O3S2/c1-14-11-17(15(21)12-22-14)24-6-8-25(9-7-24)19(26)5-10-30(27,28)18-4-2-3-16-20(18)29-13-23-16/h2-4,11-13H,5-10H2,1H3. The average molecular weight is 465 g/mol. The molecule has 1 aromatic carbocycles. The number of pyridine rings is 1. The third kappa shape index (κ3) is 4.28. The Labute approximate surface area is 184 Å². The second-order valence-electron chi connectivity index (χ2n) is 7.17. The minimum atomic E-state index is -3.57. The van der Waals surface area contributed by atoms with E-state index in [0.717, 1.165) is 11.4 Å². The number of rotatable bonds is 5. The SMILES string of the molecule is Cc1cc(N2CCN(C(=O)CCS(=O)(=O)c3cccc4ncsc34)CC2)c(Cl)cn1. The molecule has 0 spiro atoms. The molecular weight excluding hydrogens is 444 g/mol. The molecule has 2 aromatic heterocycles. The van der Waals surface area contributed by atoms with Crippen LogP contribution in [0, 0.1) is 6.92 Å². The third-order valence-corrected chi connectivity index (χ3v) is 8.23. The first kappa shape index (κ1) is 21.0. The normalized spacial score (nSPS) is 15.0. The van der Waals surface area contributed by atoms with Crippen LogP contribution in [0.15, 0.2) is 40.9 Å². The molecule has 0 unspecified atom stereocenters. The van der Waals surface area contributed by atoms with E-state index in [2.05, 4.69) is 14.9 Å². The summed E-state index contributed by atoms with van der Waals surface area (Å²) in [4.78, 5) is 25.1. The first-order valence-corrected chi connectivity index (χ1v) is 12.5. The Morgan fingerprint density at radius 1 is 1.20 bits per heavy atom. The Kier molecular flexibility index (Phi) is 5.95. The summed E-state index contributed by atoms with van der Waals surface area (Å²) >= 11 is 7.56. The van der Waals surface area contributed by atoms with Gasteiger partial charge in [0.2, 0.25) is 5.91 Å². The zero-order valence-electron chi connectivity index (χ0n) is 16.4. The molecule has 1 aliphatic rings. The van der Waals surface area contributed by atoms with Gasteiger partial charge in [0.05, 0.1) is 37.1 Å². The molecule has 4 rings (SSSR count). The van der Waals surface area contributed by atoms with Gasteiger partial charge in [-0.05, 0) is 25.1 Å². The van der Waals surface area contributed by atoms with Crippen LogP contribution in [0.4, 0.5) is 5.69 Å². The number of benzene rings is 1. The highest BCUT2D eigenvalue weighted by Gasteiger charge is 2.25. The summed E-state index contributed by atoms with van der Waals surface area (Å²) in [5.74, 6) is -0.356. The Bertz CT molecular complexity index is 1190. The summed E-state index contributed by atoms with van der Waals surface area (Å²) in [6.07, 6.45) is 1.60.